The van der Waals surface area contributed by atoms with E-state index in [0.717, 1.165) is 64.6 Å². The van der Waals surface area contributed by atoms with Crippen LogP contribution >= 0.6 is 0 Å². The maximum atomic E-state index is 10.2. The van der Waals surface area contributed by atoms with Crippen molar-refractivity contribution in [3.8, 4) is 0 Å². The molecule has 9 aliphatic carbocycles. The van der Waals surface area contributed by atoms with Crippen molar-refractivity contribution in [2.45, 2.75) is 275 Å². The first kappa shape index (κ1) is 68.7. The Morgan fingerprint density at radius 1 is 0.389 bits per heavy atom. The Balaban J connectivity index is 0.000000101. The van der Waals surface area contributed by atoms with Crippen LogP contribution in [-0.2, 0) is 14.2 Å². The van der Waals surface area contributed by atoms with Crippen LogP contribution in [0.3, 0.4) is 0 Å². The molecule has 24 rings (SSSR count). The van der Waals surface area contributed by atoms with Gasteiger partial charge in [-0.1, -0.05) is 93.6 Å². The molecular weight excluding hydrogens is 1330 g/mol. The molecule has 3 aromatic heterocycles. The molecule has 6 saturated carbocycles. The number of hydrogen-bond acceptors (Lipinski definition) is 13. The van der Waals surface area contributed by atoms with Crippen LogP contribution in [0.5, 0.6) is 0 Å². The lowest BCUT2D eigenvalue weighted by Crippen LogP contribution is -2.62. The fourth-order valence-electron chi connectivity index (χ4n) is 28.8. The van der Waals surface area contributed by atoms with E-state index in [1.165, 1.54) is 193 Å². The predicted octanol–water partition coefficient (Wildman–Crippen LogP) is 16.2. The molecule has 12 fully saturated rings. The average molecular weight is 1450 g/mol. The summed E-state index contributed by atoms with van der Waals surface area (Å²) in [4.78, 5) is 20.8. The number of hydrogen-bond donors (Lipinski definition) is 4. The minimum Gasteiger partial charge on any atom is -0.389 e. The number of pyridine rings is 3. The summed E-state index contributed by atoms with van der Waals surface area (Å²) >= 11 is 0. The Morgan fingerprint density at radius 3 is 1.09 bits per heavy atom. The van der Waals surface area contributed by atoms with E-state index < -0.39 is 12.2 Å². The molecule has 6 saturated heterocycles. The normalized spacial score (nSPS) is 43.7. The quantitative estimate of drug-likeness (QED) is 0.124. The predicted molar refractivity (Wildman–Crippen MR) is 426 cm³/mol. The number of aliphatic hydroxyl groups excluding tert-OH is 2. The van der Waals surface area contributed by atoms with Crippen molar-refractivity contribution in [2.24, 2.45) is 45.5 Å². The summed E-state index contributed by atoms with van der Waals surface area (Å²) in [5.74, 6) is 3.41. The van der Waals surface area contributed by atoms with Crippen LogP contribution in [0, 0.1) is 34.0 Å². The summed E-state index contributed by atoms with van der Waals surface area (Å²) in [6, 6.07) is 30.0. The first-order valence-corrected chi connectivity index (χ1v) is 42.8. The second kappa shape index (κ2) is 24.7. The number of aromatic nitrogens is 3. The van der Waals surface area contributed by atoms with Gasteiger partial charge in [-0.15, -0.1) is 0 Å². The van der Waals surface area contributed by atoms with Gasteiger partial charge < -0.3 is 35.9 Å². The number of ether oxygens (including phenoxy) is 3. The third-order valence-corrected chi connectivity index (χ3v) is 34.2. The van der Waals surface area contributed by atoms with Crippen LogP contribution in [0.2, 0.25) is 0 Å². The number of aliphatic hydroxyl groups is 2. The molecule has 9 aliphatic heterocycles. The van der Waals surface area contributed by atoms with Gasteiger partial charge in [0.1, 0.15) is 0 Å². The Labute approximate surface area is 639 Å². The van der Waals surface area contributed by atoms with E-state index in [2.05, 4.69) is 160 Å². The van der Waals surface area contributed by atoms with Gasteiger partial charge >= 0.3 is 0 Å². The number of allylic oxidation sites excluding steroid dienone is 3. The number of rotatable bonds is 6. The van der Waals surface area contributed by atoms with Crippen molar-refractivity contribution in [1.29, 1.82) is 0 Å². The third kappa shape index (κ3) is 10.1. The molecule has 6 aromatic rings. The molecule has 564 valence electrons. The molecule has 18 aliphatic rings. The SMILES string of the molecule is C[C@]12CC=C3C=C4CC[C@@H](N5CC(N)C5)C[C@]45CC[C@]3(O5)[C@@H]1CC[C@@H]2c1ccc2ccncc2c1.C[C@]12CC=C3C=C4CC[C@@H](N5CC[C@@H](N)C5)C[C@]45CC[C@]3(O5)[C@@H]1CC[C@@H]2c1ccc2ccncc2c1.C[C@]12CC=C3C=C4CC[C@@H](N5C[C@H](O)[C@@H](O)C5)C[C@]45CC[C@]3(O5)[C@@H]1CC[C@@H]2c1ccc2ccncc2c1. The highest BCUT2D eigenvalue weighted by Gasteiger charge is 2.71. The molecule has 12 heterocycles. The molecule has 21 atom stereocenters. The Bertz CT molecular complexity index is 4850. The fourth-order valence-corrected chi connectivity index (χ4v) is 28.8. The first-order valence-electron chi connectivity index (χ1n) is 42.8. The van der Waals surface area contributed by atoms with Gasteiger partial charge in [0.15, 0.2) is 0 Å². The molecule has 3 aromatic carbocycles. The minimum absolute atomic E-state index is 0.0229. The molecule has 0 unspecified atom stereocenters. The van der Waals surface area contributed by atoms with Crippen LogP contribution in [0.15, 0.2) is 180 Å². The molecule has 6 N–H and O–H groups in total. The van der Waals surface area contributed by atoms with E-state index in [4.69, 9.17) is 25.7 Å². The summed E-state index contributed by atoms with van der Waals surface area (Å²) in [6.45, 7) is 13.2. The molecule has 0 amide bonds. The number of likely N-dealkylation sites (tertiary alicyclic amines) is 3. The van der Waals surface area contributed by atoms with E-state index in [9.17, 15) is 10.2 Å². The molecule has 0 radical (unpaired) electrons. The van der Waals surface area contributed by atoms with Crippen molar-refractivity contribution < 1.29 is 24.4 Å². The lowest BCUT2D eigenvalue weighted by molar-refractivity contribution is -0.143. The van der Waals surface area contributed by atoms with Crippen molar-refractivity contribution in [3.05, 3.63) is 197 Å². The van der Waals surface area contributed by atoms with Crippen molar-refractivity contribution >= 4 is 32.3 Å². The van der Waals surface area contributed by atoms with E-state index in [1.54, 1.807) is 11.1 Å². The zero-order valence-corrected chi connectivity index (χ0v) is 64.2. The summed E-state index contributed by atoms with van der Waals surface area (Å²) < 4.78 is 22.5. The van der Waals surface area contributed by atoms with Gasteiger partial charge in [0.2, 0.25) is 0 Å². The first-order chi connectivity index (χ1) is 52.4. The lowest BCUT2D eigenvalue weighted by atomic mass is 9.58. The van der Waals surface area contributed by atoms with Gasteiger partial charge in [0, 0.05) is 123 Å². The number of nitrogens with zero attached hydrogens (tertiary/aromatic N) is 6. The Hall–Kier alpha value is -6.07. The van der Waals surface area contributed by atoms with Crippen LogP contribution < -0.4 is 11.5 Å². The van der Waals surface area contributed by atoms with E-state index in [1.807, 2.05) is 37.2 Å². The fraction of sp³-hybridized carbons (Fsp3) is 0.589. The number of benzene rings is 3. The highest BCUT2D eigenvalue weighted by Crippen LogP contribution is 2.73. The number of fused-ring (bicyclic) bond motifs is 6. The molecule has 13 heteroatoms. The van der Waals surface area contributed by atoms with Crippen LogP contribution in [0.25, 0.3) is 32.3 Å². The monoisotopic (exact) mass is 1450 g/mol. The highest BCUT2D eigenvalue weighted by molar-refractivity contribution is 5.84. The van der Waals surface area contributed by atoms with Crippen molar-refractivity contribution in [1.82, 2.24) is 29.7 Å². The van der Waals surface area contributed by atoms with E-state index in [0.29, 0.717) is 78.8 Å². The largest absolute Gasteiger partial charge is 0.389 e. The van der Waals surface area contributed by atoms with Crippen LogP contribution in [-0.4, -0.2) is 155 Å². The van der Waals surface area contributed by atoms with Gasteiger partial charge in [-0.3, -0.25) is 29.7 Å². The summed E-state index contributed by atoms with van der Waals surface area (Å²) in [5, 5.41) is 28.0. The molecular formula is C95H114N8O5. The maximum Gasteiger partial charge on any atom is 0.0974 e. The Morgan fingerprint density at radius 2 is 0.741 bits per heavy atom. The lowest BCUT2D eigenvalue weighted by Gasteiger charge is -2.55. The van der Waals surface area contributed by atoms with Gasteiger partial charge in [-0.2, -0.15) is 0 Å². The third-order valence-electron chi connectivity index (χ3n) is 34.2. The van der Waals surface area contributed by atoms with E-state index >= 15 is 0 Å². The smallest absolute Gasteiger partial charge is 0.0974 e. The summed E-state index contributed by atoms with van der Waals surface area (Å²) in [7, 11) is 0. The standard InChI is InChI=1S/C32H39N3O.C32H38N2O3.C31H37N3O/c1-30-11-8-25-17-24-4-5-27(35-15-10-26(33)20-35)18-31(24)12-13-32(25,36-31)29(30)7-6-28(30)22-3-2-21-9-14-34-19-23(21)16-22;1-30-10-8-24-15-23-4-5-25(34-18-27(35)28(36)19-34)16-31(23)11-12-32(24,37-31)29(30)7-6-26(30)21-3-2-20-9-13-33-17-22(20)14-21;1-29-10-8-24-15-23-4-5-26(34-18-25(32)19-34)16-30(23)11-12-31(24,35-30)28(29)7-6-27(29)21-3-2-20-9-13-33-17-22(20)14-21/h2-3,8-9,14,16-17,19,26-29H,4-7,10-13,15,18,20,33H2,1H3;2-3,8-9,13-15,17,25-29,35-36H,4-7,10-12,16,18-19H2,1H3;2-3,8-9,13-15,17,25-28H,4-7,10-12,16,18-19,32H2,1H3/t26-,27-,28-,29-,30-,31-,32-;25-,26-,27+,28+,29-,30-,31-,32-;26-,27-,28-,29-,30-,31-/m111/s1. The summed E-state index contributed by atoms with van der Waals surface area (Å²) in [5.41, 5.74) is 26.2. The zero-order chi connectivity index (χ0) is 72.5. The van der Waals surface area contributed by atoms with Gasteiger partial charge in [-0.05, 0) is 315 Å². The topological polar surface area (TPSA) is 169 Å². The summed E-state index contributed by atoms with van der Waals surface area (Å²) in [6.07, 6.45) is 55.5. The second-order valence-electron chi connectivity index (χ2n) is 39.1. The van der Waals surface area contributed by atoms with Crippen LogP contribution in [0.4, 0.5) is 0 Å². The van der Waals surface area contributed by atoms with E-state index in [-0.39, 0.29) is 49.9 Å². The Kier molecular flexibility index (Phi) is 15.7. The average Bonchev–Trinajstić information content (AvgIpc) is 1.52. The zero-order valence-electron chi connectivity index (χ0n) is 64.2. The minimum atomic E-state index is -0.619. The highest BCUT2D eigenvalue weighted by atomic mass is 16.5. The molecule has 13 nitrogen and oxygen atoms in total. The van der Waals surface area contributed by atoms with Gasteiger partial charge in [-0.25, -0.2) is 0 Å². The molecule has 6 spiro atoms. The molecule has 108 heavy (non-hydrogen) atoms. The van der Waals surface area contributed by atoms with Crippen molar-refractivity contribution in [2.75, 3.05) is 39.3 Å². The second-order valence-corrected chi connectivity index (χ2v) is 39.1. The van der Waals surface area contributed by atoms with Gasteiger partial charge in [0.25, 0.3) is 0 Å². The number of nitrogens with two attached hydrogens (primary N) is 2. The number of β-amino-alcohol motifs (C(OH)–C–C–N with tert-alkyl or cyclic N) is 2. The maximum absolute atomic E-state index is 10.2. The molecule has 6 bridgehead atoms. The van der Waals surface area contributed by atoms with Gasteiger partial charge in [0.05, 0.1) is 45.8 Å². The van der Waals surface area contributed by atoms with Crippen LogP contribution in [0.1, 0.15) is 216 Å². The van der Waals surface area contributed by atoms with Crippen molar-refractivity contribution in [3.63, 3.8) is 0 Å².